The van der Waals surface area contributed by atoms with E-state index in [4.69, 9.17) is 15.6 Å². The lowest BCUT2D eigenvalue weighted by atomic mass is 9.92. The van der Waals surface area contributed by atoms with E-state index in [2.05, 4.69) is 20.6 Å². The molecule has 0 spiro atoms. The number of nitrogen functional groups attached to an aromatic ring is 1. The van der Waals surface area contributed by atoms with Crippen molar-refractivity contribution in [3.63, 3.8) is 0 Å². The third-order valence-corrected chi connectivity index (χ3v) is 6.42. The Morgan fingerprint density at radius 2 is 1.72 bits per heavy atom. The molecule has 39 heavy (non-hydrogen) atoms. The number of benzene rings is 2. The van der Waals surface area contributed by atoms with Gasteiger partial charge in [-0.15, -0.1) is 0 Å². The van der Waals surface area contributed by atoms with Gasteiger partial charge in [0.2, 0.25) is 0 Å². The van der Waals surface area contributed by atoms with Gasteiger partial charge in [-0.3, -0.25) is 4.79 Å². The van der Waals surface area contributed by atoms with E-state index in [1.165, 1.54) is 0 Å². The molecule has 2 aromatic carbocycles. The fourth-order valence-electron chi connectivity index (χ4n) is 4.57. The Bertz CT molecular complexity index is 1520. The molecule has 0 unspecified atom stereocenters. The van der Waals surface area contributed by atoms with Gasteiger partial charge < -0.3 is 31.2 Å². The molecule has 0 radical (unpaired) electrons. The Morgan fingerprint density at radius 3 is 2.38 bits per heavy atom. The van der Waals surface area contributed by atoms with Crippen LogP contribution in [0.2, 0.25) is 0 Å². The van der Waals surface area contributed by atoms with Gasteiger partial charge in [-0.2, -0.15) is 0 Å². The van der Waals surface area contributed by atoms with Crippen molar-refractivity contribution >= 4 is 34.1 Å². The summed E-state index contributed by atoms with van der Waals surface area (Å²) in [6, 6.07) is 14.1. The fraction of sp³-hybridized carbons (Fsp3) is 0.300. The first-order valence-corrected chi connectivity index (χ1v) is 13.1. The van der Waals surface area contributed by atoms with Crippen molar-refractivity contribution in [3.8, 4) is 16.9 Å². The lowest BCUT2D eigenvalue weighted by molar-refractivity contribution is 0.233. The maximum Gasteiger partial charge on any atom is 0.323 e. The highest BCUT2D eigenvalue weighted by atomic mass is 16.5. The van der Waals surface area contributed by atoms with Crippen LogP contribution >= 0.6 is 0 Å². The molecule has 0 saturated carbocycles. The number of carbonyl (C=O) groups excluding carboxylic acids is 1. The lowest BCUT2D eigenvalue weighted by Gasteiger charge is -2.22. The van der Waals surface area contributed by atoms with Gasteiger partial charge in [0.1, 0.15) is 17.1 Å². The molecule has 0 fully saturated rings. The molecular weight excluding hydrogens is 494 g/mol. The molecule has 2 aromatic heterocycles. The van der Waals surface area contributed by atoms with Crippen LogP contribution in [0.5, 0.6) is 5.75 Å². The Kier molecular flexibility index (Phi) is 8.51. The normalized spacial score (nSPS) is 11.3. The van der Waals surface area contributed by atoms with Gasteiger partial charge in [-0.25, -0.2) is 9.78 Å². The number of amides is 2. The Morgan fingerprint density at radius 1 is 1.03 bits per heavy atom. The minimum Gasteiger partial charge on any atom is -0.493 e. The van der Waals surface area contributed by atoms with Crippen LogP contribution in [0, 0.1) is 0 Å². The van der Waals surface area contributed by atoms with Crippen LogP contribution in [0.15, 0.2) is 59.5 Å². The number of H-pyrrole nitrogens is 1. The molecule has 0 atom stereocenters. The van der Waals surface area contributed by atoms with Crippen molar-refractivity contribution < 1.29 is 14.6 Å². The summed E-state index contributed by atoms with van der Waals surface area (Å²) in [7, 11) is 0. The number of anilines is 3. The molecule has 2 amide bonds. The van der Waals surface area contributed by atoms with E-state index < -0.39 is 11.6 Å². The van der Waals surface area contributed by atoms with Gasteiger partial charge in [-0.05, 0) is 64.9 Å². The zero-order valence-corrected chi connectivity index (χ0v) is 22.7. The highest BCUT2D eigenvalue weighted by Crippen LogP contribution is 2.36. The first-order valence-electron chi connectivity index (χ1n) is 13.1. The molecule has 204 valence electrons. The Hall–Kier alpha value is -4.37. The van der Waals surface area contributed by atoms with E-state index in [1.807, 2.05) is 58.0 Å². The number of carbonyl (C=O) groups is 1. The molecule has 4 rings (SSSR count). The molecule has 0 aliphatic heterocycles. The summed E-state index contributed by atoms with van der Waals surface area (Å²) >= 11 is 0. The second kappa shape index (κ2) is 12.0. The predicted octanol–water partition coefficient (Wildman–Crippen LogP) is 5.82. The summed E-state index contributed by atoms with van der Waals surface area (Å²) in [5.41, 5.74) is 10.5. The Labute approximate surface area is 227 Å². The molecular formula is C30H35N5O4. The SMILES string of the molecule is CC(C)c1cc(N)cc(C(C)C)c1NC(=O)Nc1c(-c2cccc(OCCCO)c2)c2cccnc2[nH]c1=O. The van der Waals surface area contributed by atoms with Crippen LogP contribution < -0.4 is 26.7 Å². The first-order chi connectivity index (χ1) is 18.7. The average Bonchev–Trinajstić information content (AvgIpc) is 2.90. The third-order valence-electron chi connectivity index (χ3n) is 6.42. The number of urea groups is 1. The number of nitrogens with two attached hydrogens (primary N) is 1. The van der Waals surface area contributed by atoms with Crippen molar-refractivity contribution in [2.45, 2.75) is 46.0 Å². The number of hydrogen-bond acceptors (Lipinski definition) is 6. The molecule has 9 nitrogen and oxygen atoms in total. The smallest absolute Gasteiger partial charge is 0.323 e. The number of aromatic amines is 1. The average molecular weight is 530 g/mol. The fourth-order valence-corrected chi connectivity index (χ4v) is 4.57. The van der Waals surface area contributed by atoms with Gasteiger partial charge in [-0.1, -0.05) is 39.8 Å². The number of ether oxygens (including phenoxy) is 1. The summed E-state index contributed by atoms with van der Waals surface area (Å²) in [6.45, 7) is 8.53. The summed E-state index contributed by atoms with van der Waals surface area (Å²) < 4.78 is 5.76. The van der Waals surface area contributed by atoms with Gasteiger partial charge >= 0.3 is 6.03 Å². The number of fused-ring (bicyclic) bond motifs is 1. The van der Waals surface area contributed by atoms with E-state index in [9.17, 15) is 9.59 Å². The minimum atomic E-state index is -0.547. The molecule has 0 aliphatic carbocycles. The van der Waals surface area contributed by atoms with Crippen LogP contribution in [0.3, 0.4) is 0 Å². The van der Waals surface area contributed by atoms with Crippen LogP contribution in [0.1, 0.15) is 57.1 Å². The molecule has 2 heterocycles. The number of pyridine rings is 2. The predicted molar refractivity (Wildman–Crippen MR) is 157 cm³/mol. The van der Waals surface area contributed by atoms with E-state index in [0.29, 0.717) is 52.3 Å². The van der Waals surface area contributed by atoms with Crippen molar-refractivity contribution in [3.05, 3.63) is 76.2 Å². The highest BCUT2D eigenvalue weighted by Gasteiger charge is 2.21. The summed E-state index contributed by atoms with van der Waals surface area (Å²) in [4.78, 5) is 33.8. The number of nitrogens with zero attached hydrogens (tertiary/aromatic N) is 1. The second-order valence-electron chi connectivity index (χ2n) is 10.0. The topological polar surface area (TPSA) is 142 Å². The number of hydrogen-bond donors (Lipinski definition) is 5. The number of aromatic nitrogens is 2. The number of aliphatic hydroxyl groups is 1. The summed E-state index contributed by atoms with van der Waals surface area (Å²) in [6.07, 6.45) is 2.09. The van der Waals surface area contributed by atoms with Crippen LogP contribution in [-0.4, -0.2) is 34.3 Å². The van der Waals surface area contributed by atoms with Crippen molar-refractivity contribution in [2.75, 3.05) is 29.6 Å². The van der Waals surface area contributed by atoms with E-state index in [0.717, 1.165) is 11.1 Å². The first kappa shape index (κ1) is 27.7. The van der Waals surface area contributed by atoms with E-state index >= 15 is 0 Å². The van der Waals surface area contributed by atoms with Crippen LogP contribution in [0.25, 0.3) is 22.2 Å². The molecule has 6 N–H and O–H groups in total. The molecule has 9 heteroatoms. The molecule has 0 bridgehead atoms. The number of rotatable bonds is 9. The van der Waals surface area contributed by atoms with Crippen LogP contribution in [-0.2, 0) is 0 Å². The largest absolute Gasteiger partial charge is 0.493 e. The van der Waals surface area contributed by atoms with E-state index in [-0.39, 0.29) is 24.1 Å². The van der Waals surface area contributed by atoms with Gasteiger partial charge in [0, 0.05) is 41.5 Å². The van der Waals surface area contributed by atoms with E-state index in [1.54, 1.807) is 24.4 Å². The Balaban J connectivity index is 1.78. The number of aliphatic hydroxyl groups excluding tert-OH is 1. The van der Waals surface area contributed by atoms with Crippen LogP contribution in [0.4, 0.5) is 21.9 Å². The lowest BCUT2D eigenvalue weighted by Crippen LogP contribution is -2.26. The highest BCUT2D eigenvalue weighted by molar-refractivity contribution is 6.07. The third kappa shape index (κ3) is 6.21. The van der Waals surface area contributed by atoms with Crippen molar-refractivity contribution in [1.82, 2.24) is 9.97 Å². The quantitative estimate of drug-likeness (QED) is 0.136. The minimum absolute atomic E-state index is 0.0261. The molecule has 0 aliphatic rings. The zero-order valence-electron chi connectivity index (χ0n) is 22.7. The van der Waals surface area contributed by atoms with Gasteiger partial charge in [0.15, 0.2) is 0 Å². The van der Waals surface area contributed by atoms with Gasteiger partial charge in [0.25, 0.3) is 5.56 Å². The molecule has 0 saturated heterocycles. The van der Waals surface area contributed by atoms with Gasteiger partial charge in [0.05, 0.1) is 6.61 Å². The standard InChI is InChI=1S/C30H35N5O4/c1-17(2)23-15-20(31)16-24(18(3)4)26(23)33-30(38)34-27-25(22-10-6-11-32-28(22)35-29(27)37)19-8-5-9-21(14-19)39-13-7-12-36/h5-6,8-11,14-18,36H,7,12-13,31H2,1-4H3,(H,32,35,37)(H2,33,34,38). The zero-order chi connectivity index (χ0) is 28.1. The molecule has 4 aromatic rings. The monoisotopic (exact) mass is 529 g/mol. The number of nitrogens with one attached hydrogen (secondary N) is 3. The maximum atomic E-state index is 13.5. The second-order valence-corrected chi connectivity index (χ2v) is 10.0. The summed E-state index contributed by atoms with van der Waals surface area (Å²) in [5.74, 6) is 0.805. The maximum absolute atomic E-state index is 13.5. The van der Waals surface area contributed by atoms with Crippen molar-refractivity contribution in [2.24, 2.45) is 0 Å². The van der Waals surface area contributed by atoms with Crippen molar-refractivity contribution in [1.29, 1.82) is 0 Å². The summed E-state index contributed by atoms with van der Waals surface area (Å²) in [5, 5.41) is 15.6.